The van der Waals surface area contributed by atoms with Crippen LogP contribution < -0.4 is 10.1 Å². The van der Waals surface area contributed by atoms with Crippen molar-refractivity contribution >= 4 is 72.4 Å². The molecule has 1 N–H and O–H groups in total. The minimum absolute atomic E-state index is 0.272. The summed E-state index contributed by atoms with van der Waals surface area (Å²) in [4.78, 5) is 27.3. The molecule has 1 aromatic carbocycles. The third kappa shape index (κ3) is 7.31. The topological polar surface area (TPSA) is 91.7 Å². The molecule has 5 aromatic rings. The Bertz CT molecular complexity index is 2060. The van der Waals surface area contributed by atoms with E-state index in [1.54, 1.807) is 7.11 Å². The molecule has 0 saturated carbocycles. The van der Waals surface area contributed by atoms with Gasteiger partial charge in [-0.25, -0.2) is 19.9 Å². The number of nitrogens with one attached hydrogen (secondary N) is 1. The van der Waals surface area contributed by atoms with Crippen molar-refractivity contribution in [3.63, 3.8) is 0 Å². The molecule has 0 unspecified atom stereocenters. The van der Waals surface area contributed by atoms with Gasteiger partial charge in [0, 0.05) is 42.1 Å². The number of aliphatic imine (C=N–C) groups is 1. The van der Waals surface area contributed by atoms with Gasteiger partial charge in [0.1, 0.15) is 39.0 Å². The summed E-state index contributed by atoms with van der Waals surface area (Å²) < 4.78 is 81.2. The Morgan fingerprint density at radius 3 is 2.04 bits per heavy atom. The van der Waals surface area contributed by atoms with Crippen molar-refractivity contribution in [3.8, 4) is 5.75 Å². The number of hydrogen-bond acceptors (Lipinski definition) is 11. The SMILES string of the molecule is COc1cc2c(cc1Nc1ncnc3sc4c(c13)CCN(CC(F)(F)F)C4)C=NC2.FC(F)(F)CN1CCc2c(sc3ncnc(Cl)c23)C1. The maximum Gasteiger partial charge on any atom is 0.401 e. The zero-order valence-corrected chi connectivity index (χ0v) is 28.1. The molecule has 4 aromatic heterocycles. The first-order chi connectivity index (χ1) is 23.3. The van der Waals surface area contributed by atoms with E-state index in [4.69, 9.17) is 16.3 Å². The molecule has 3 aliphatic rings. The Labute approximate surface area is 288 Å². The van der Waals surface area contributed by atoms with Gasteiger partial charge in [0.05, 0.1) is 43.2 Å². The summed E-state index contributed by atoms with van der Waals surface area (Å²) in [6.07, 6.45) is -2.60. The number of nitrogens with zero attached hydrogens (tertiary/aromatic N) is 7. The monoisotopic (exact) mass is 740 g/mol. The number of alkyl halides is 6. The van der Waals surface area contributed by atoms with E-state index in [1.165, 1.54) is 45.1 Å². The molecule has 9 nitrogen and oxygen atoms in total. The van der Waals surface area contributed by atoms with Crippen molar-refractivity contribution in [1.29, 1.82) is 0 Å². The van der Waals surface area contributed by atoms with Crippen LogP contribution in [0.2, 0.25) is 5.15 Å². The van der Waals surface area contributed by atoms with E-state index < -0.39 is 25.4 Å². The van der Waals surface area contributed by atoms with Crippen LogP contribution in [0.25, 0.3) is 20.4 Å². The maximum atomic E-state index is 12.8. The number of benzene rings is 1. The molecule has 258 valence electrons. The zero-order chi connectivity index (χ0) is 34.5. The second-order valence-corrected chi connectivity index (χ2v) is 14.3. The van der Waals surface area contributed by atoms with Gasteiger partial charge in [-0.2, -0.15) is 26.3 Å². The van der Waals surface area contributed by atoms with Crippen LogP contribution in [-0.2, 0) is 32.5 Å². The van der Waals surface area contributed by atoms with E-state index in [2.05, 4.69) is 30.2 Å². The minimum Gasteiger partial charge on any atom is -0.495 e. The van der Waals surface area contributed by atoms with Crippen LogP contribution in [0.4, 0.5) is 37.8 Å². The Hall–Kier alpha value is -3.64. The van der Waals surface area contributed by atoms with Crippen molar-refractivity contribution < 1.29 is 31.1 Å². The van der Waals surface area contributed by atoms with Gasteiger partial charge < -0.3 is 10.1 Å². The van der Waals surface area contributed by atoms with Crippen LogP contribution >= 0.6 is 34.3 Å². The summed E-state index contributed by atoms with van der Waals surface area (Å²) in [6.45, 7) is 0.163. The van der Waals surface area contributed by atoms with Crippen LogP contribution in [0.1, 0.15) is 32.0 Å². The van der Waals surface area contributed by atoms with E-state index in [9.17, 15) is 26.3 Å². The predicted octanol–water partition coefficient (Wildman–Crippen LogP) is 7.56. The van der Waals surface area contributed by atoms with Crippen LogP contribution in [-0.4, -0.2) is 81.6 Å². The highest BCUT2D eigenvalue weighted by Crippen LogP contribution is 2.41. The Morgan fingerprint density at radius 1 is 0.837 bits per heavy atom. The van der Waals surface area contributed by atoms with Crippen molar-refractivity contribution in [1.82, 2.24) is 29.7 Å². The minimum atomic E-state index is -4.20. The van der Waals surface area contributed by atoms with E-state index in [0.29, 0.717) is 55.7 Å². The van der Waals surface area contributed by atoms with Crippen molar-refractivity contribution in [2.24, 2.45) is 4.99 Å². The highest BCUT2D eigenvalue weighted by atomic mass is 35.5. The number of rotatable bonds is 5. The second-order valence-electron chi connectivity index (χ2n) is 11.8. The van der Waals surface area contributed by atoms with E-state index in [0.717, 1.165) is 58.1 Å². The summed E-state index contributed by atoms with van der Waals surface area (Å²) >= 11 is 8.87. The lowest BCUT2D eigenvalue weighted by Gasteiger charge is -2.27. The average molecular weight is 741 g/mol. The summed E-state index contributed by atoms with van der Waals surface area (Å²) in [5.41, 5.74) is 4.92. The van der Waals surface area contributed by atoms with Crippen LogP contribution in [0, 0.1) is 0 Å². The summed E-state index contributed by atoms with van der Waals surface area (Å²) in [5, 5.41) is 5.42. The first kappa shape index (κ1) is 33.8. The van der Waals surface area contributed by atoms with Gasteiger partial charge in [0.2, 0.25) is 0 Å². The number of methoxy groups -OCH3 is 1. The summed E-state index contributed by atoms with van der Waals surface area (Å²) in [6, 6.07) is 3.93. The second kappa shape index (κ2) is 13.2. The molecule has 0 atom stereocenters. The number of ether oxygens (including phenoxy) is 1. The number of fused-ring (bicyclic) bond motifs is 7. The molecule has 0 spiro atoms. The number of hydrogen-bond donors (Lipinski definition) is 1. The van der Waals surface area contributed by atoms with Gasteiger partial charge in [-0.1, -0.05) is 11.6 Å². The number of anilines is 2. The lowest BCUT2D eigenvalue weighted by molar-refractivity contribution is -0.148. The molecule has 0 amide bonds. The van der Waals surface area contributed by atoms with Gasteiger partial charge in [0.25, 0.3) is 0 Å². The predicted molar refractivity (Wildman–Crippen MR) is 177 cm³/mol. The van der Waals surface area contributed by atoms with Crippen molar-refractivity contribution in [2.75, 3.05) is 38.6 Å². The van der Waals surface area contributed by atoms with Crippen LogP contribution in [0.3, 0.4) is 0 Å². The van der Waals surface area contributed by atoms with Gasteiger partial charge in [0.15, 0.2) is 0 Å². The quantitative estimate of drug-likeness (QED) is 0.146. The fraction of sp³-hybridized carbons (Fsp3) is 0.387. The molecule has 8 rings (SSSR count). The van der Waals surface area contributed by atoms with Gasteiger partial charge in [-0.15, -0.1) is 22.7 Å². The van der Waals surface area contributed by atoms with Gasteiger partial charge in [-0.05, 0) is 47.2 Å². The number of thiophene rings is 2. The van der Waals surface area contributed by atoms with Crippen molar-refractivity contribution in [3.05, 3.63) is 61.9 Å². The zero-order valence-electron chi connectivity index (χ0n) is 25.8. The van der Waals surface area contributed by atoms with Gasteiger partial charge >= 0.3 is 12.4 Å². The summed E-state index contributed by atoms with van der Waals surface area (Å²) in [5.74, 6) is 1.32. The maximum absolute atomic E-state index is 12.8. The Balaban J connectivity index is 0.000000171. The lowest BCUT2D eigenvalue weighted by Crippen LogP contribution is -2.37. The normalized spacial score (nSPS) is 16.3. The number of halogens is 7. The Kier molecular flexibility index (Phi) is 9.14. The highest BCUT2D eigenvalue weighted by molar-refractivity contribution is 7.19. The van der Waals surface area contributed by atoms with E-state index in [1.807, 2.05) is 18.3 Å². The molecular formula is C31H27ClF6N8OS2. The first-order valence-electron chi connectivity index (χ1n) is 15.1. The van der Waals surface area contributed by atoms with Gasteiger partial charge in [-0.3, -0.25) is 14.8 Å². The van der Waals surface area contributed by atoms with E-state index in [-0.39, 0.29) is 6.54 Å². The Morgan fingerprint density at radius 2 is 1.43 bits per heavy atom. The molecule has 0 aliphatic carbocycles. The molecule has 0 fully saturated rings. The standard InChI is InChI=1S/C20H18F3N5OS.C11H9ClF3N3S/c1-29-15-5-12-7-24-6-11(12)4-14(15)27-18-17-13-2-3-28(9-20(21,22)23)8-16(13)30-19(17)26-10-25-18;12-9-8-6-1-2-18(4-11(13,14)15)3-7(6)19-10(8)17-5-16-9/h4-6,10H,2-3,7-9H2,1H3,(H,25,26,27);5H,1-4H2. The molecule has 18 heteroatoms. The fourth-order valence-electron chi connectivity index (χ4n) is 6.33. The third-order valence-corrected chi connectivity index (χ3v) is 10.9. The molecule has 0 bridgehead atoms. The summed E-state index contributed by atoms with van der Waals surface area (Å²) in [7, 11) is 1.61. The number of aromatic nitrogens is 4. The van der Waals surface area contributed by atoms with Crippen LogP contribution in [0.5, 0.6) is 5.75 Å². The molecule has 0 saturated heterocycles. The fourth-order valence-corrected chi connectivity index (χ4v) is 9.09. The molecule has 7 heterocycles. The van der Waals surface area contributed by atoms with E-state index >= 15 is 0 Å². The highest BCUT2D eigenvalue weighted by Gasteiger charge is 2.35. The largest absolute Gasteiger partial charge is 0.495 e. The smallest absolute Gasteiger partial charge is 0.401 e. The molecular weight excluding hydrogens is 714 g/mol. The van der Waals surface area contributed by atoms with Crippen molar-refractivity contribution in [2.45, 2.75) is 44.8 Å². The molecule has 49 heavy (non-hydrogen) atoms. The average Bonchev–Trinajstić information content (AvgIpc) is 3.74. The third-order valence-electron chi connectivity index (χ3n) is 8.40. The molecule has 3 aliphatic heterocycles. The molecule has 0 radical (unpaired) electrons. The van der Waals surface area contributed by atoms with Crippen LogP contribution in [0.15, 0.2) is 29.8 Å². The lowest BCUT2D eigenvalue weighted by atomic mass is 10.0. The first-order valence-corrected chi connectivity index (χ1v) is 17.1.